The van der Waals surface area contributed by atoms with Crippen molar-refractivity contribution in [3.63, 3.8) is 0 Å². The molecule has 1 atom stereocenters. The van der Waals surface area contributed by atoms with Gasteiger partial charge in [0.2, 0.25) is 5.89 Å². The molecule has 0 saturated carbocycles. The van der Waals surface area contributed by atoms with Gasteiger partial charge in [-0.15, -0.1) is 0 Å². The molecule has 1 aliphatic heterocycles. The smallest absolute Gasteiger partial charge is 0.228 e. The van der Waals surface area contributed by atoms with Crippen LogP contribution in [0.1, 0.15) is 51.2 Å². The summed E-state index contributed by atoms with van der Waals surface area (Å²) in [6, 6.07) is 1.01. The number of piperidine rings is 1. The van der Waals surface area contributed by atoms with Crippen LogP contribution in [0.25, 0.3) is 0 Å². The molecule has 1 aromatic heterocycles. The lowest BCUT2D eigenvalue weighted by atomic mass is 9.95. The summed E-state index contributed by atoms with van der Waals surface area (Å²) in [5.74, 6) is 2.13. The summed E-state index contributed by atoms with van der Waals surface area (Å²) in [5.41, 5.74) is 0. The zero-order valence-corrected chi connectivity index (χ0v) is 12.5. The van der Waals surface area contributed by atoms with Gasteiger partial charge < -0.3 is 14.7 Å². The molecule has 1 N–H and O–H groups in total. The molecule has 0 aliphatic carbocycles. The maximum absolute atomic E-state index is 5.35. The second-order valence-electron chi connectivity index (χ2n) is 5.84. The minimum absolute atomic E-state index is 0.371. The van der Waals surface area contributed by atoms with E-state index in [9.17, 15) is 0 Å². The third-order valence-electron chi connectivity index (χ3n) is 4.08. The quantitative estimate of drug-likeness (QED) is 0.881. The van der Waals surface area contributed by atoms with Gasteiger partial charge in [-0.25, -0.2) is 0 Å². The van der Waals surface area contributed by atoms with Crippen LogP contribution in [0, 0.1) is 0 Å². The van der Waals surface area contributed by atoms with Crippen molar-refractivity contribution in [2.75, 3.05) is 20.1 Å². The van der Waals surface area contributed by atoms with E-state index in [1.54, 1.807) is 0 Å². The van der Waals surface area contributed by atoms with Crippen molar-refractivity contribution in [2.45, 2.75) is 58.0 Å². The number of rotatable bonds is 5. The second-order valence-corrected chi connectivity index (χ2v) is 5.84. The van der Waals surface area contributed by atoms with Crippen LogP contribution in [-0.4, -0.2) is 47.3 Å². The molecule has 0 amide bonds. The summed E-state index contributed by atoms with van der Waals surface area (Å²) < 4.78 is 5.35. The normalized spacial score (nSPS) is 20.1. The van der Waals surface area contributed by atoms with Gasteiger partial charge in [0.15, 0.2) is 5.82 Å². The maximum atomic E-state index is 5.35. The zero-order chi connectivity index (χ0) is 13.8. The van der Waals surface area contributed by atoms with Crippen molar-refractivity contribution in [2.24, 2.45) is 0 Å². The van der Waals surface area contributed by atoms with Gasteiger partial charge in [-0.3, -0.25) is 0 Å². The average Bonchev–Trinajstić information content (AvgIpc) is 2.87. The molecule has 5 nitrogen and oxygen atoms in total. The number of likely N-dealkylation sites (tertiary alicyclic amines) is 1. The molecule has 108 valence electrons. The van der Waals surface area contributed by atoms with Gasteiger partial charge in [0.05, 0.1) is 0 Å². The number of hydrogen-bond donors (Lipinski definition) is 1. The van der Waals surface area contributed by atoms with Crippen LogP contribution < -0.4 is 5.32 Å². The Morgan fingerprint density at radius 3 is 2.58 bits per heavy atom. The Bertz CT molecular complexity index is 383. The van der Waals surface area contributed by atoms with Gasteiger partial charge in [-0.2, -0.15) is 4.98 Å². The van der Waals surface area contributed by atoms with Crippen LogP contribution in [0.15, 0.2) is 4.52 Å². The van der Waals surface area contributed by atoms with E-state index >= 15 is 0 Å². The predicted molar refractivity (Wildman–Crippen MR) is 75.2 cm³/mol. The second kappa shape index (κ2) is 6.48. The van der Waals surface area contributed by atoms with Gasteiger partial charge in [0.25, 0.3) is 0 Å². The Morgan fingerprint density at radius 2 is 2.00 bits per heavy atom. The lowest BCUT2D eigenvalue weighted by molar-refractivity contribution is 0.168. The fourth-order valence-electron chi connectivity index (χ4n) is 2.55. The lowest BCUT2D eigenvalue weighted by Gasteiger charge is -2.33. The standard InChI is InChI=1S/C14H26N4O/c1-10(2)18-7-5-12(6-8-18)14-16-13(19-17-14)9-11(3)15-4/h10-12,15H,5-9H2,1-4H3. The highest BCUT2D eigenvalue weighted by molar-refractivity contribution is 4.99. The first-order valence-electron chi connectivity index (χ1n) is 7.34. The van der Waals surface area contributed by atoms with Crippen molar-refractivity contribution < 1.29 is 4.52 Å². The number of aromatic nitrogens is 2. The number of hydrogen-bond acceptors (Lipinski definition) is 5. The van der Waals surface area contributed by atoms with Crippen molar-refractivity contribution in [3.8, 4) is 0 Å². The number of nitrogens with zero attached hydrogens (tertiary/aromatic N) is 3. The Morgan fingerprint density at radius 1 is 1.32 bits per heavy atom. The van der Waals surface area contributed by atoms with Crippen molar-refractivity contribution in [1.82, 2.24) is 20.4 Å². The fraction of sp³-hybridized carbons (Fsp3) is 0.857. The highest BCUT2D eigenvalue weighted by Crippen LogP contribution is 2.26. The molecule has 0 spiro atoms. The van der Waals surface area contributed by atoms with Gasteiger partial charge in [-0.05, 0) is 53.8 Å². The van der Waals surface area contributed by atoms with Gasteiger partial charge in [-0.1, -0.05) is 5.16 Å². The van der Waals surface area contributed by atoms with Crippen LogP contribution in [0.3, 0.4) is 0 Å². The van der Waals surface area contributed by atoms with Crippen molar-refractivity contribution in [3.05, 3.63) is 11.7 Å². The molecule has 1 aromatic rings. The molecule has 19 heavy (non-hydrogen) atoms. The third-order valence-corrected chi connectivity index (χ3v) is 4.08. The molecule has 1 aliphatic rings. The van der Waals surface area contributed by atoms with E-state index in [0.717, 1.165) is 44.1 Å². The first kappa shape index (κ1) is 14.5. The van der Waals surface area contributed by atoms with Crippen LogP contribution in [0.5, 0.6) is 0 Å². The molecule has 0 bridgehead atoms. The summed E-state index contributed by atoms with van der Waals surface area (Å²) in [5, 5.41) is 7.35. The SMILES string of the molecule is CNC(C)Cc1nc(C2CCN(C(C)C)CC2)no1. The largest absolute Gasteiger partial charge is 0.339 e. The van der Waals surface area contributed by atoms with Crippen LogP contribution in [0.4, 0.5) is 0 Å². The van der Waals surface area contributed by atoms with Gasteiger partial charge in [0.1, 0.15) is 0 Å². The van der Waals surface area contributed by atoms with Crippen LogP contribution >= 0.6 is 0 Å². The van der Waals surface area contributed by atoms with Gasteiger partial charge in [0, 0.05) is 24.4 Å². The topological polar surface area (TPSA) is 54.2 Å². The van der Waals surface area contributed by atoms with E-state index in [0.29, 0.717) is 18.0 Å². The van der Waals surface area contributed by atoms with E-state index < -0.39 is 0 Å². The molecule has 0 radical (unpaired) electrons. The molecule has 0 aromatic carbocycles. The minimum atomic E-state index is 0.371. The molecule has 2 heterocycles. The van der Waals surface area contributed by atoms with E-state index in [-0.39, 0.29) is 0 Å². The molecule has 1 unspecified atom stereocenters. The Kier molecular flexibility index (Phi) is 4.93. The first-order valence-corrected chi connectivity index (χ1v) is 7.34. The van der Waals surface area contributed by atoms with Gasteiger partial charge >= 0.3 is 0 Å². The molecule has 1 saturated heterocycles. The van der Waals surface area contributed by atoms with E-state index in [2.05, 4.69) is 41.1 Å². The van der Waals surface area contributed by atoms with Crippen LogP contribution in [-0.2, 0) is 6.42 Å². The van der Waals surface area contributed by atoms with Crippen LogP contribution in [0.2, 0.25) is 0 Å². The zero-order valence-electron chi connectivity index (χ0n) is 12.5. The van der Waals surface area contributed by atoms with E-state index in [1.807, 2.05) is 7.05 Å². The molecule has 1 fully saturated rings. The molecule has 2 rings (SSSR count). The Balaban J connectivity index is 1.89. The maximum Gasteiger partial charge on any atom is 0.228 e. The fourth-order valence-corrected chi connectivity index (χ4v) is 2.55. The third kappa shape index (κ3) is 3.76. The van der Waals surface area contributed by atoms with Crippen molar-refractivity contribution in [1.29, 1.82) is 0 Å². The summed E-state index contributed by atoms with van der Waals surface area (Å²) in [6.45, 7) is 8.90. The average molecular weight is 266 g/mol. The predicted octanol–water partition coefficient (Wildman–Crippen LogP) is 1.81. The molecule has 5 heteroatoms. The highest BCUT2D eigenvalue weighted by Gasteiger charge is 2.25. The lowest BCUT2D eigenvalue weighted by Crippen LogP contribution is -2.38. The minimum Gasteiger partial charge on any atom is -0.339 e. The highest BCUT2D eigenvalue weighted by atomic mass is 16.5. The Hall–Kier alpha value is -0.940. The summed E-state index contributed by atoms with van der Waals surface area (Å²) in [4.78, 5) is 7.07. The van der Waals surface area contributed by atoms with E-state index in [1.165, 1.54) is 0 Å². The summed E-state index contributed by atoms with van der Waals surface area (Å²) in [6.07, 6.45) is 3.08. The first-order chi connectivity index (χ1) is 9.10. The number of nitrogens with one attached hydrogen (secondary N) is 1. The van der Waals surface area contributed by atoms with E-state index in [4.69, 9.17) is 4.52 Å². The summed E-state index contributed by atoms with van der Waals surface area (Å²) in [7, 11) is 1.95. The van der Waals surface area contributed by atoms with Crippen molar-refractivity contribution >= 4 is 0 Å². The molecular weight excluding hydrogens is 240 g/mol. The monoisotopic (exact) mass is 266 g/mol. The molecular formula is C14H26N4O. The summed E-state index contributed by atoms with van der Waals surface area (Å²) >= 11 is 0. The number of likely N-dealkylation sites (N-methyl/N-ethyl adjacent to an activating group) is 1. The Labute approximate surface area is 115 Å².